The topological polar surface area (TPSA) is 37.4 Å². The fourth-order valence-corrected chi connectivity index (χ4v) is 4.25. The van der Waals surface area contributed by atoms with E-state index in [-0.39, 0.29) is 5.41 Å². The molecule has 1 heterocycles. The van der Waals surface area contributed by atoms with Crippen LogP contribution in [0.1, 0.15) is 52.5 Å². The first kappa shape index (κ1) is 16.5. The summed E-state index contributed by atoms with van der Waals surface area (Å²) in [4.78, 5) is 0.421. The summed E-state index contributed by atoms with van der Waals surface area (Å²) in [6, 6.07) is 7.38. The molecule has 0 N–H and O–H groups in total. The van der Waals surface area contributed by atoms with Gasteiger partial charge in [0.2, 0.25) is 10.0 Å². The number of hydrogen-bond acceptors (Lipinski definition) is 2. The van der Waals surface area contributed by atoms with Crippen LogP contribution in [-0.2, 0) is 15.4 Å². The fraction of sp³-hybridized carbons (Fsp3) is 0.647. The molecule has 1 atom stereocenters. The van der Waals surface area contributed by atoms with E-state index < -0.39 is 10.0 Å². The van der Waals surface area contributed by atoms with Gasteiger partial charge in [-0.05, 0) is 48.3 Å². The second-order valence-corrected chi connectivity index (χ2v) is 9.15. The summed E-state index contributed by atoms with van der Waals surface area (Å²) >= 11 is 0. The van der Waals surface area contributed by atoms with Gasteiger partial charge in [-0.1, -0.05) is 39.8 Å². The number of nitrogens with zero attached hydrogens (tertiary/aromatic N) is 1. The van der Waals surface area contributed by atoms with E-state index in [9.17, 15) is 8.42 Å². The van der Waals surface area contributed by atoms with Gasteiger partial charge in [0.15, 0.2) is 0 Å². The van der Waals surface area contributed by atoms with Crippen molar-refractivity contribution in [3.8, 4) is 0 Å². The Labute approximate surface area is 129 Å². The predicted octanol–water partition coefficient (Wildman–Crippen LogP) is 3.79. The zero-order valence-corrected chi connectivity index (χ0v) is 14.4. The largest absolute Gasteiger partial charge is 0.243 e. The Morgan fingerprint density at radius 2 is 1.67 bits per heavy atom. The smallest absolute Gasteiger partial charge is 0.207 e. The lowest BCUT2D eigenvalue weighted by molar-refractivity contribution is 0.416. The van der Waals surface area contributed by atoms with Gasteiger partial charge in [0.1, 0.15) is 0 Å². The molecule has 0 aliphatic carbocycles. The Kier molecular flexibility index (Phi) is 4.79. The predicted molar refractivity (Wildman–Crippen MR) is 86.9 cm³/mol. The minimum atomic E-state index is -3.34. The van der Waals surface area contributed by atoms with Gasteiger partial charge in [0.05, 0.1) is 4.90 Å². The summed E-state index contributed by atoms with van der Waals surface area (Å²) in [5, 5.41) is 0. The van der Waals surface area contributed by atoms with Gasteiger partial charge in [0, 0.05) is 13.1 Å². The van der Waals surface area contributed by atoms with Crippen LogP contribution in [0.2, 0.25) is 0 Å². The van der Waals surface area contributed by atoms with Crippen LogP contribution in [0.5, 0.6) is 0 Å². The summed E-state index contributed by atoms with van der Waals surface area (Å²) in [6.07, 6.45) is 3.04. The van der Waals surface area contributed by atoms with Crippen molar-refractivity contribution < 1.29 is 8.42 Å². The van der Waals surface area contributed by atoms with E-state index in [1.807, 2.05) is 12.1 Å². The van der Waals surface area contributed by atoms with E-state index in [0.717, 1.165) is 24.8 Å². The fourth-order valence-electron chi connectivity index (χ4n) is 2.75. The molecule has 1 unspecified atom stereocenters. The van der Waals surface area contributed by atoms with Crippen molar-refractivity contribution >= 4 is 10.0 Å². The van der Waals surface area contributed by atoms with Crippen LogP contribution in [0.25, 0.3) is 0 Å². The van der Waals surface area contributed by atoms with Crippen LogP contribution in [0.15, 0.2) is 29.2 Å². The zero-order valence-electron chi connectivity index (χ0n) is 13.6. The Hall–Kier alpha value is -0.870. The van der Waals surface area contributed by atoms with Gasteiger partial charge < -0.3 is 0 Å². The minimum Gasteiger partial charge on any atom is -0.207 e. The molecule has 1 fully saturated rings. The molecule has 21 heavy (non-hydrogen) atoms. The molecule has 0 radical (unpaired) electrons. The van der Waals surface area contributed by atoms with Gasteiger partial charge in [-0.2, -0.15) is 4.31 Å². The molecular formula is C17H27NO2S. The van der Waals surface area contributed by atoms with E-state index in [1.165, 1.54) is 0 Å². The molecule has 0 bridgehead atoms. The quantitative estimate of drug-likeness (QED) is 0.833. The average molecular weight is 309 g/mol. The second kappa shape index (κ2) is 6.09. The highest BCUT2D eigenvalue weighted by Gasteiger charge is 2.26. The van der Waals surface area contributed by atoms with Crippen LogP contribution in [0, 0.1) is 5.92 Å². The lowest BCUT2D eigenvalue weighted by Crippen LogP contribution is -2.32. The maximum Gasteiger partial charge on any atom is 0.243 e. The Balaban J connectivity index is 2.23. The molecule has 1 aliphatic rings. The van der Waals surface area contributed by atoms with Gasteiger partial charge in [-0.3, -0.25) is 0 Å². The highest BCUT2D eigenvalue weighted by atomic mass is 32.2. The molecule has 2 rings (SSSR count). The highest BCUT2D eigenvalue weighted by molar-refractivity contribution is 7.89. The van der Waals surface area contributed by atoms with Crippen molar-refractivity contribution in [3.63, 3.8) is 0 Å². The Morgan fingerprint density at radius 1 is 1.05 bits per heavy atom. The second-order valence-electron chi connectivity index (χ2n) is 7.21. The van der Waals surface area contributed by atoms with Crippen molar-refractivity contribution in [2.75, 3.05) is 13.1 Å². The van der Waals surface area contributed by atoms with Gasteiger partial charge >= 0.3 is 0 Å². The molecular weight excluding hydrogens is 282 g/mol. The number of sulfonamides is 1. The molecule has 0 aromatic heterocycles. The van der Waals surface area contributed by atoms with Crippen molar-refractivity contribution in [3.05, 3.63) is 29.8 Å². The maximum atomic E-state index is 12.7. The Morgan fingerprint density at radius 3 is 2.24 bits per heavy atom. The molecule has 4 heteroatoms. The molecule has 0 amide bonds. The first-order chi connectivity index (χ1) is 9.71. The number of hydrogen-bond donors (Lipinski definition) is 0. The molecule has 0 saturated carbocycles. The minimum absolute atomic E-state index is 0.0420. The first-order valence-electron chi connectivity index (χ1n) is 7.82. The van der Waals surface area contributed by atoms with E-state index in [1.54, 1.807) is 16.4 Å². The molecule has 118 valence electrons. The summed E-state index contributed by atoms with van der Waals surface area (Å²) in [5.74, 6) is 0.619. The summed E-state index contributed by atoms with van der Waals surface area (Å²) in [6.45, 7) is 9.89. The van der Waals surface area contributed by atoms with Crippen LogP contribution < -0.4 is 0 Å². The van der Waals surface area contributed by atoms with E-state index in [4.69, 9.17) is 0 Å². The maximum absolute atomic E-state index is 12.7. The van der Waals surface area contributed by atoms with Crippen molar-refractivity contribution in [2.24, 2.45) is 5.92 Å². The summed E-state index contributed by atoms with van der Waals surface area (Å²) in [7, 11) is -3.34. The normalized spacial score (nSPS) is 22.0. The third kappa shape index (κ3) is 3.86. The molecule has 1 aromatic rings. The molecule has 3 nitrogen and oxygen atoms in total. The van der Waals surface area contributed by atoms with Gasteiger partial charge in [-0.15, -0.1) is 0 Å². The SMILES string of the molecule is CC1CCCN(S(=O)(=O)c2ccc(C(C)(C)C)cc2)CC1. The van der Waals surface area contributed by atoms with Crippen LogP contribution in [0.4, 0.5) is 0 Å². The van der Waals surface area contributed by atoms with Crippen LogP contribution >= 0.6 is 0 Å². The third-order valence-corrected chi connectivity index (χ3v) is 6.25. The first-order valence-corrected chi connectivity index (χ1v) is 9.26. The van der Waals surface area contributed by atoms with Crippen molar-refractivity contribution in [2.45, 2.75) is 57.3 Å². The highest BCUT2D eigenvalue weighted by Crippen LogP contribution is 2.26. The van der Waals surface area contributed by atoms with Crippen LogP contribution in [0.3, 0.4) is 0 Å². The van der Waals surface area contributed by atoms with E-state index in [0.29, 0.717) is 23.9 Å². The lowest BCUT2D eigenvalue weighted by atomic mass is 9.87. The average Bonchev–Trinajstić information content (AvgIpc) is 2.63. The number of rotatable bonds is 2. The standard InChI is InChI=1S/C17H27NO2S/c1-14-6-5-12-18(13-11-14)21(19,20)16-9-7-15(8-10-16)17(2,3)4/h7-10,14H,5-6,11-13H2,1-4H3. The molecule has 1 aromatic carbocycles. The summed E-state index contributed by atoms with van der Waals surface area (Å²) in [5.41, 5.74) is 1.20. The summed E-state index contributed by atoms with van der Waals surface area (Å²) < 4.78 is 27.1. The third-order valence-electron chi connectivity index (χ3n) is 4.33. The Bertz CT molecular complexity index is 570. The molecule has 0 spiro atoms. The lowest BCUT2D eigenvalue weighted by Gasteiger charge is -2.22. The zero-order chi connectivity index (χ0) is 15.7. The van der Waals surface area contributed by atoms with Crippen molar-refractivity contribution in [1.29, 1.82) is 0 Å². The van der Waals surface area contributed by atoms with Crippen LogP contribution in [-0.4, -0.2) is 25.8 Å². The molecule has 1 saturated heterocycles. The number of benzene rings is 1. The van der Waals surface area contributed by atoms with Crippen molar-refractivity contribution in [1.82, 2.24) is 4.31 Å². The monoisotopic (exact) mass is 309 g/mol. The van der Waals surface area contributed by atoms with E-state index >= 15 is 0 Å². The van der Waals surface area contributed by atoms with Gasteiger partial charge in [0.25, 0.3) is 0 Å². The molecule has 1 aliphatic heterocycles. The van der Waals surface area contributed by atoms with E-state index in [2.05, 4.69) is 27.7 Å². The van der Waals surface area contributed by atoms with Gasteiger partial charge in [-0.25, -0.2) is 8.42 Å².